The second-order valence-electron chi connectivity index (χ2n) is 9.00. The van der Waals surface area contributed by atoms with E-state index in [4.69, 9.17) is 14.1 Å². The van der Waals surface area contributed by atoms with E-state index in [0.29, 0.717) is 33.6 Å². The van der Waals surface area contributed by atoms with Crippen LogP contribution in [0.5, 0.6) is 5.75 Å². The van der Waals surface area contributed by atoms with E-state index in [1.165, 1.54) is 23.0 Å². The Morgan fingerprint density at radius 1 is 0.976 bits per heavy atom. The molecule has 0 amide bonds. The van der Waals surface area contributed by atoms with E-state index >= 15 is 0 Å². The number of rotatable bonds is 7. The number of halogens is 2. The van der Waals surface area contributed by atoms with Gasteiger partial charge in [0.2, 0.25) is 5.82 Å². The van der Waals surface area contributed by atoms with Crippen molar-refractivity contribution in [1.82, 2.24) is 9.66 Å². The smallest absolute Gasteiger partial charge is 0.282 e. The Balaban J connectivity index is 1.40. The van der Waals surface area contributed by atoms with E-state index in [-0.39, 0.29) is 23.7 Å². The quantitative estimate of drug-likeness (QED) is 0.0975. The van der Waals surface area contributed by atoms with Gasteiger partial charge in [-0.25, -0.2) is 4.98 Å². The molecule has 6 rings (SSSR count). The number of fused-ring (bicyclic) bond motifs is 2. The molecule has 41 heavy (non-hydrogen) atoms. The fourth-order valence-corrected chi connectivity index (χ4v) is 5.02. The molecule has 202 valence electrons. The number of hydrogen-bond acceptors (Lipinski definition) is 7. The molecule has 11 heteroatoms. The largest absolute Gasteiger partial charge is 0.488 e. The Morgan fingerprint density at radius 2 is 1.73 bits per heavy atom. The first-order chi connectivity index (χ1) is 19.9. The molecule has 2 aromatic heterocycles. The van der Waals surface area contributed by atoms with Crippen LogP contribution < -0.4 is 10.3 Å². The molecular formula is C30H18Br2N4O5. The van der Waals surface area contributed by atoms with Crippen molar-refractivity contribution >= 4 is 65.6 Å². The van der Waals surface area contributed by atoms with Crippen molar-refractivity contribution in [2.24, 2.45) is 5.10 Å². The van der Waals surface area contributed by atoms with Gasteiger partial charge in [-0.1, -0.05) is 44.0 Å². The number of nitrogens with zero attached hydrogens (tertiary/aromatic N) is 4. The molecule has 2 heterocycles. The molecule has 0 aliphatic rings. The minimum absolute atomic E-state index is 0.00698. The lowest BCUT2D eigenvalue weighted by Gasteiger charge is -2.11. The first kappa shape index (κ1) is 26.6. The van der Waals surface area contributed by atoms with Gasteiger partial charge in [0.05, 0.1) is 22.0 Å². The van der Waals surface area contributed by atoms with Gasteiger partial charge in [-0.15, -0.1) is 0 Å². The van der Waals surface area contributed by atoms with E-state index in [1.807, 2.05) is 42.5 Å². The first-order valence-electron chi connectivity index (χ1n) is 12.3. The second kappa shape index (κ2) is 11.1. The molecule has 9 nitrogen and oxygen atoms in total. The normalized spacial score (nSPS) is 11.5. The predicted molar refractivity (Wildman–Crippen MR) is 163 cm³/mol. The van der Waals surface area contributed by atoms with Crippen LogP contribution >= 0.6 is 31.9 Å². The van der Waals surface area contributed by atoms with Gasteiger partial charge < -0.3 is 9.15 Å². The van der Waals surface area contributed by atoms with Gasteiger partial charge in [0.15, 0.2) is 5.76 Å². The maximum Gasteiger partial charge on any atom is 0.282 e. The number of ether oxygens (including phenoxy) is 1. The summed E-state index contributed by atoms with van der Waals surface area (Å²) in [5.74, 6) is 1.15. The zero-order valence-electron chi connectivity index (χ0n) is 21.0. The van der Waals surface area contributed by atoms with Crippen LogP contribution in [0.1, 0.15) is 11.1 Å². The van der Waals surface area contributed by atoms with Crippen LogP contribution in [0, 0.1) is 10.1 Å². The highest BCUT2D eigenvalue weighted by atomic mass is 79.9. The molecule has 0 bridgehead atoms. The highest BCUT2D eigenvalue weighted by molar-refractivity contribution is 9.10. The summed E-state index contributed by atoms with van der Waals surface area (Å²) in [6.07, 6.45) is 1.52. The average Bonchev–Trinajstić information content (AvgIpc) is 3.39. The lowest BCUT2D eigenvalue weighted by molar-refractivity contribution is -0.384. The van der Waals surface area contributed by atoms with Crippen LogP contribution in [0.4, 0.5) is 5.69 Å². The number of nitro benzene ring substituents is 1. The van der Waals surface area contributed by atoms with E-state index in [2.05, 4.69) is 37.0 Å². The van der Waals surface area contributed by atoms with Crippen LogP contribution in [-0.4, -0.2) is 20.8 Å². The molecular weight excluding hydrogens is 656 g/mol. The Labute approximate surface area is 249 Å². The summed E-state index contributed by atoms with van der Waals surface area (Å²) in [4.78, 5) is 28.8. The number of aromatic nitrogens is 2. The number of non-ortho nitro benzene ring substituents is 1. The number of para-hydroxylation sites is 1. The Hall–Kier alpha value is -4.61. The van der Waals surface area contributed by atoms with Crippen LogP contribution in [0.2, 0.25) is 0 Å². The zero-order chi connectivity index (χ0) is 28.5. The molecule has 0 aliphatic carbocycles. The standard InChI is InChI=1S/C30H18Br2N4O5/c31-21-8-12-27-19(13-21)15-28(41-27)29-34-25-4-2-1-3-24(25)30(37)35(29)33-16-20-14-22(32)7-11-26(20)40-17-18-5-9-23(10-6-18)36(38)39/h1-16H,17H2. The van der Waals surface area contributed by atoms with Crippen LogP contribution in [0.15, 0.2) is 114 Å². The van der Waals surface area contributed by atoms with Crippen molar-refractivity contribution < 1.29 is 14.1 Å². The van der Waals surface area contributed by atoms with Gasteiger partial charge in [-0.05, 0) is 72.3 Å². The summed E-state index contributed by atoms with van der Waals surface area (Å²) in [5, 5.41) is 16.8. The summed E-state index contributed by atoms with van der Waals surface area (Å²) in [6, 6.07) is 26.1. The third-order valence-electron chi connectivity index (χ3n) is 6.28. The monoisotopic (exact) mass is 672 g/mol. The molecule has 0 saturated heterocycles. The predicted octanol–water partition coefficient (Wildman–Crippen LogP) is 7.70. The van der Waals surface area contributed by atoms with Gasteiger partial charge in [-0.2, -0.15) is 9.78 Å². The van der Waals surface area contributed by atoms with Crippen molar-refractivity contribution in [1.29, 1.82) is 0 Å². The number of benzene rings is 4. The second-order valence-corrected chi connectivity index (χ2v) is 10.8. The van der Waals surface area contributed by atoms with Gasteiger partial charge in [-0.3, -0.25) is 14.9 Å². The molecule has 0 unspecified atom stereocenters. The molecule has 0 saturated carbocycles. The fraction of sp³-hybridized carbons (Fsp3) is 0.0333. The summed E-state index contributed by atoms with van der Waals surface area (Å²) in [6.45, 7) is 0.178. The van der Waals surface area contributed by atoms with Crippen LogP contribution in [0.3, 0.4) is 0 Å². The molecule has 0 N–H and O–H groups in total. The Kier molecular flexibility index (Phi) is 7.21. The van der Waals surface area contributed by atoms with Crippen LogP contribution in [-0.2, 0) is 6.61 Å². The van der Waals surface area contributed by atoms with Crippen LogP contribution in [0.25, 0.3) is 33.5 Å². The third-order valence-corrected chi connectivity index (χ3v) is 7.26. The number of furan rings is 1. The molecule has 4 aromatic carbocycles. The molecule has 0 spiro atoms. The van der Waals surface area contributed by atoms with Crippen molar-refractivity contribution in [2.75, 3.05) is 0 Å². The van der Waals surface area contributed by atoms with E-state index in [9.17, 15) is 14.9 Å². The topological polar surface area (TPSA) is 113 Å². The lowest BCUT2D eigenvalue weighted by Crippen LogP contribution is -2.20. The SMILES string of the molecule is O=c1c2ccccc2nc(-c2cc3cc(Br)ccc3o2)n1N=Cc1cc(Br)ccc1OCc1ccc([N+](=O)[O-])cc1. The summed E-state index contributed by atoms with van der Waals surface area (Å²) in [7, 11) is 0. The average molecular weight is 674 g/mol. The summed E-state index contributed by atoms with van der Waals surface area (Å²) in [5.41, 5.74) is 2.18. The van der Waals surface area contributed by atoms with E-state index < -0.39 is 4.92 Å². The Bertz CT molecular complexity index is 2030. The van der Waals surface area contributed by atoms with Crippen molar-refractivity contribution in [3.8, 4) is 17.3 Å². The van der Waals surface area contributed by atoms with E-state index in [1.54, 1.807) is 36.4 Å². The van der Waals surface area contributed by atoms with E-state index in [0.717, 1.165) is 19.9 Å². The summed E-state index contributed by atoms with van der Waals surface area (Å²) >= 11 is 6.96. The maximum absolute atomic E-state index is 13.6. The molecule has 0 fully saturated rings. The maximum atomic E-state index is 13.6. The number of hydrogen-bond donors (Lipinski definition) is 0. The Morgan fingerprint density at radius 3 is 2.54 bits per heavy atom. The highest BCUT2D eigenvalue weighted by Gasteiger charge is 2.17. The first-order valence-corrected chi connectivity index (χ1v) is 13.9. The van der Waals surface area contributed by atoms with Gasteiger partial charge in [0, 0.05) is 32.0 Å². The van der Waals surface area contributed by atoms with Crippen molar-refractivity contribution in [3.05, 3.63) is 132 Å². The minimum atomic E-state index is -0.448. The molecule has 6 aromatic rings. The van der Waals surface area contributed by atoms with Crippen molar-refractivity contribution in [2.45, 2.75) is 6.61 Å². The third kappa shape index (κ3) is 5.54. The summed E-state index contributed by atoms with van der Waals surface area (Å²) < 4.78 is 15.0. The minimum Gasteiger partial charge on any atom is -0.488 e. The zero-order valence-corrected chi connectivity index (χ0v) is 24.2. The lowest BCUT2D eigenvalue weighted by atomic mass is 10.2. The van der Waals surface area contributed by atoms with Gasteiger partial charge in [0.25, 0.3) is 11.2 Å². The highest BCUT2D eigenvalue weighted by Crippen LogP contribution is 2.29. The van der Waals surface area contributed by atoms with Crippen molar-refractivity contribution in [3.63, 3.8) is 0 Å². The molecule has 0 aliphatic heterocycles. The molecule has 0 atom stereocenters. The van der Waals surface area contributed by atoms with Gasteiger partial charge in [0.1, 0.15) is 17.9 Å². The molecule has 0 radical (unpaired) electrons. The van der Waals surface area contributed by atoms with Gasteiger partial charge >= 0.3 is 0 Å². The number of nitro groups is 1. The fourth-order valence-electron chi connectivity index (χ4n) is 4.26.